The number of hydrazine groups is 1. The molecule has 1 saturated heterocycles. The first-order valence-corrected chi connectivity index (χ1v) is 4.88. The molecule has 0 aromatic carbocycles. The van der Waals surface area contributed by atoms with Crippen molar-refractivity contribution in [3.8, 4) is 0 Å². The van der Waals surface area contributed by atoms with Gasteiger partial charge in [0.2, 0.25) is 0 Å². The van der Waals surface area contributed by atoms with Gasteiger partial charge in [0, 0.05) is 26.2 Å². The molecule has 14 heavy (non-hydrogen) atoms. The molecule has 0 saturated carbocycles. The maximum Gasteiger partial charge on any atom is 0.0133 e. The summed E-state index contributed by atoms with van der Waals surface area (Å²) in [6.07, 6.45) is 4.20. The van der Waals surface area contributed by atoms with Crippen molar-refractivity contribution in [2.24, 2.45) is 0 Å². The first kappa shape index (κ1) is 20.2. The fourth-order valence-corrected chi connectivity index (χ4v) is 1.78. The summed E-state index contributed by atoms with van der Waals surface area (Å²) < 4.78 is 0. The van der Waals surface area contributed by atoms with Crippen LogP contribution in [0.1, 0.15) is 33.1 Å². The van der Waals surface area contributed by atoms with Gasteiger partial charge in [-0.1, -0.05) is 20.3 Å². The van der Waals surface area contributed by atoms with Crippen LogP contribution in [0, 0.1) is 0 Å². The third-order valence-electron chi connectivity index (χ3n) is 2.46. The summed E-state index contributed by atoms with van der Waals surface area (Å²) in [5.74, 6) is 0. The van der Waals surface area contributed by atoms with Gasteiger partial charge in [-0.2, -0.15) is 0 Å². The van der Waals surface area contributed by atoms with E-state index >= 15 is 0 Å². The lowest BCUT2D eigenvalue weighted by Crippen LogP contribution is -2.45. The standard InChI is InChI=1S/C9H20N2.3ClH/c1-3-10(4-2)11-8-6-5-7-9-11;;;/h3-9H2,1-2H3;3*1H. The molecule has 1 heterocycles. The summed E-state index contributed by atoms with van der Waals surface area (Å²) in [5.41, 5.74) is 0. The number of hydrogen-bond acceptors (Lipinski definition) is 2. The summed E-state index contributed by atoms with van der Waals surface area (Å²) in [4.78, 5) is 0. The number of rotatable bonds is 3. The second-order valence-corrected chi connectivity index (χ2v) is 3.15. The second-order valence-electron chi connectivity index (χ2n) is 3.15. The van der Waals surface area contributed by atoms with Crippen LogP contribution in [0.2, 0.25) is 0 Å². The van der Waals surface area contributed by atoms with Crippen molar-refractivity contribution in [2.45, 2.75) is 33.1 Å². The Bertz CT molecular complexity index is 104. The Kier molecular flexibility index (Phi) is 17.1. The van der Waals surface area contributed by atoms with E-state index in [1.165, 1.54) is 32.4 Å². The Hall–Kier alpha value is 0.790. The van der Waals surface area contributed by atoms with E-state index in [0.29, 0.717) is 0 Å². The van der Waals surface area contributed by atoms with E-state index in [4.69, 9.17) is 0 Å². The third kappa shape index (κ3) is 6.31. The number of nitrogens with zero attached hydrogens (tertiary/aromatic N) is 2. The Morgan fingerprint density at radius 2 is 1.29 bits per heavy atom. The maximum atomic E-state index is 2.50. The summed E-state index contributed by atoms with van der Waals surface area (Å²) in [6, 6.07) is 0. The molecule has 0 aromatic heterocycles. The minimum Gasteiger partial charge on any atom is -0.242 e. The summed E-state index contributed by atoms with van der Waals surface area (Å²) in [5, 5.41) is 4.95. The molecule has 0 spiro atoms. The van der Waals surface area contributed by atoms with Crippen molar-refractivity contribution in [1.82, 2.24) is 10.0 Å². The molecular formula is C9H23Cl3N2. The minimum absolute atomic E-state index is 0. The molecule has 0 unspecified atom stereocenters. The lowest BCUT2D eigenvalue weighted by atomic mass is 10.2. The van der Waals surface area contributed by atoms with Crippen molar-refractivity contribution in [3.05, 3.63) is 0 Å². The van der Waals surface area contributed by atoms with Crippen molar-refractivity contribution in [3.63, 3.8) is 0 Å². The molecular weight excluding hydrogens is 242 g/mol. The highest BCUT2D eigenvalue weighted by molar-refractivity contribution is 5.86. The van der Waals surface area contributed by atoms with Gasteiger partial charge in [-0.3, -0.25) is 0 Å². The highest BCUT2D eigenvalue weighted by atomic mass is 35.5. The third-order valence-corrected chi connectivity index (χ3v) is 2.46. The van der Waals surface area contributed by atoms with E-state index in [9.17, 15) is 0 Å². The van der Waals surface area contributed by atoms with Crippen LogP contribution in [-0.2, 0) is 0 Å². The Morgan fingerprint density at radius 1 is 0.857 bits per heavy atom. The zero-order chi connectivity index (χ0) is 8.10. The van der Waals surface area contributed by atoms with E-state index in [1.807, 2.05) is 0 Å². The molecule has 90 valence electrons. The van der Waals surface area contributed by atoms with Crippen molar-refractivity contribution in [2.75, 3.05) is 26.2 Å². The first-order valence-electron chi connectivity index (χ1n) is 4.88. The monoisotopic (exact) mass is 264 g/mol. The first-order chi connectivity index (χ1) is 5.38. The topological polar surface area (TPSA) is 6.48 Å². The van der Waals surface area contributed by atoms with Crippen LogP contribution in [0.15, 0.2) is 0 Å². The van der Waals surface area contributed by atoms with E-state index < -0.39 is 0 Å². The molecule has 0 atom stereocenters. The van der Waals surface area contributed by atoms with Crippen LogP contribution in [0.5, 0.6) is 0 Å². The number of halogens is 3. The lowest BCUT2D eigenvalue weighted by molar-refractivity contribution is -0.0308. The molecule has 0 amide bonds. The van der Waals surface area contributed by atoms with Crippen LogP contribution < -0.4 is 0 Å². The second kappa shape index (κ2) is 11.9. The Morgan fingerprint density at radius 3 is 1.64 bits per heavy atom. The highest BCUT2D eigenvalue weighted by Crippen LogP contribution is 2.10. The van der Waals surface area contributed by atoms with Crippen LogP contribution in [0.4, 0.5) is 0 Å². The zero-order valence-corrected chi connectivity index (χ0v) is 11.5. The van der Waals surface area contributed by atoms with Gasteiger partial charge in [-0.15, -0.1) is 37.2 Å². The zero-order valence-electron chi connectivity index (χ0n) is 9.07. The SMILES string of the molecule is CCN(CC)N1CCCCC1.Cl.Cl.Cl. The lowest BCUT2D eigenvalue weighted by Gasteiger charge is -2.36. The quantitative estimate of drug-likeness (QED) is 0.774. The fourth-order valence-electron chi connectivity index (χ4n) is 1.78. The Labute approximate surface area is 107 Å². The van der Waals surface area contributed by atoms with Gasteiger partial charge < -0.3 is 0 Å². The normalized spacial score (nSPS) is 16.5. The maximum absolute atomic E-state index is 2.50. The molecule has 2 nitrogen and oxygen atoms in total. The molecule has 1 rings (SSSR count). The average Bonchev–Trinajstić information content (AvgIpc) is 2.09. The molecule has 0 aliphatic carbocycles. The van der Waals surface area contributed by atoms with Gasteiger partial charge >= 0.3 is 0 Å². The van der Waals surface area contributed by atoms with Crippen LogP contribution >= 0.6 is 37.2 Å². The summed E-state index contributed by atoms with van der Waals surface area (Å²) in [6.45, 7) is 9.35. The number of piperidine rings is 1. The van der Waals surface area contributed by atoms with Gasteiger partial charge in [0.25, 0.3) is 0 Å². The molecule has 0 aromatic rings. The average molecular weight is 266 g/mol. The van der Waals surface area contributed by atoms with Gasteiger partial charge in [-0.05, 0) is 12.8 Å². The summed E-state index contributed by atoms with van der Waals surface area (Å²) in [7, 11) is 0. The van der Waals surface area contributed by atoms with Crippen molar-refractivity contribution in [1.29, 1.82) is 0 Å². The van der Waals surface area contributed by atoms with Crippen LogP contribution in [-0.4, -0.2) is 36.2 Å². The van der Waals surface area contributed by atoms with Gasteiger partial charge in [0.05, 0.1) is 0 Å². The Balaban J connectivity index is -0.000000403. The van der Waals surface area contributed by atoms with Crippen LogP contribution in [0.25, 0.3) is 0 Å². The van der Waals surface area contributed by atoms with E-state index in [-0.39, 0.29) is 37.2 Å². The largest absolute Gasteiger partial charge is 0.242 e. The van der Waals surface area contributed by atoms with E-state index in [0.717, 1.165) is 13.1 Å². The molecule has 0 radical (unpaired) electrons. The highest BCUT2D eigenvalue weighted by Gasteiger charge is 2.14. The molecule has 1 aliphatic heterocycles. The van der Waals surface area contributed by atoms with Gasteiger partial charge in [0.1, 0.15) is 0 Å². The molecule has 1 aliphatic rings. The molecule has 0 bridgehead atoms. The minimum atomic E-state index is 0. The van der Waals surface area contributed by atoms with Crippen LogP contribution in [0.3, 0.4) is 0 Å². The number of hydrogen-bond donors (Lipinski definition) is 0. The molecule has 5 heteroatoms. The molecule has 0 N–H and O–H groups in total. The van der Waals surface area contributed by atoms with Gasteiger partial charge in [-0.25, -0.2) is 10.0 Å². The summed E-state index contributed by atoms with van der Waals surface area (Å²) >= 11 is 0. The van der Waals surface area contributed by atoms with Crippen molar-refractivity contribution >= 4 is 37.2 Å². The van der Waals surface area contributed by atoms with E-state index in [1.54, 1.807) is 0 Å². The van der Waals surface area contributed by atoms with Crippen molar-refractivity contribution < 1.29 is 0 Å². The fraction of sp³-hybridized carbons (Fsp3) is 1.00. The molecule has 1 fully saturated rings. The van der Waals surface area contributed by atoms with E-state index in [2.05, 4.69) is 23.9 Å². The predicted molar refractivity (Wildman–Crippen MR) is 70.1 cm³/mol. The smallest absolute Gasteiger partial charge is 0.0133 e. The van der Waals surface area contributed by atoms with Gasteiger partial charge in [0.15, 0.2) is 0 Å². The predicted octanol–water partition coefficient (Wildman–Crippen LogP) is 2.99.